The molecule has 10 nitrogen and oxygen atoms in total. The predicted octanol–water partition coefficient (Wildman–Crippen LogP) is 2.03. The van der Waals surface area contributed by atoms with Gasteiger partial charge in [-0.1, -0.05) is 0 Å². The summed E-state index contributed by atoms with van der Waals surface area (Å²) in [6.45, 7) is 4.46. The lowest BCUT2D eigenvalue weighted by atomic mass is 10.2. The van der Waals surface area contributed by atoms with Gasteiger partial charge in [0.25, 0.3) is 5.56 Å². The van der Waals surface area contributed by atoms with Crippen LogP contribution in [0.15, 0.2) is 29.3 Å². The van der Waals surface area contributed by atoms with Gasteiger partial charge in [0.1, 0.15) is 17.5 Å². The zero-order valence-electron chi connectivity index (χ0n) is 19.9. The molecule has 0 aromatic carbocycles. The zero-order valence-corrected chi connectivity index (χ0v) is 19.9. The Bertz CT molecular complexity index is 1100. The normalized spacial score (nSPS) is 15.8. The van der Waals surface area contributed by atoms with E-state index in [1.165, 1.54) is 0 Å². The lowest BCUT2D eigenvalue weighted by Crippen LogP contribution is -2.49. The average Bonchev–Trinajstić information content (AvgIpc) is 3.42. The zero-order chi connectivity index (χ0) is 26.1. The highest BCUT2D eigenvalue weighted by Crippen LogP contribution is 2.34. The van der Waals surface area contributed by atoms with Gasteiger partial charge in [-0.05, 0) is 25.0 Å². The van der Waals surface area contributed by atoms with E-state index in [-0.39, 0.29) is 11.6 Å². The van der Waals surface area contributed by atoms with Crippen LogP contribution in [-0.2, 0) is 15.7 Å². The number of H-pyrrole nitrogens is 1. The molecule has 36 heavy (non-hydrogen) atoms. The Kier molecular flexibility index (Phi) is 9.24. The minimum Gasteiger partial charge on any atom is -0.384 e. The minimum absolute atomic E-state index is 0.117. The summed E-state index contributed by atoms with van der Waals surface area (Å²) in [5, 5.41) is 14.0. The summed E-state index contributed by atoms with van der Waals surface area (Å²) >= 11 is 0. The van der Waals surface area contributed by atoms with E-state index in [1.807, 2.05) is 16.1 Å². The number of nitrogens with one attached hydrogen (secondary N) is 1. The molecule has 0 saturated carbocycles. The predicted molar refractivity (Wildman–Crippen MR) is 126 cm³/mol. The van der Waals surface area contributed by atoms with Crippen molar-refractivity contribution in [1.29, 1.82) is 5.26 Å². The molecule has 13 heteroatoms. The fourth-order valence-corrected chi connectivity index (χ4v) is 4.03. The van der Waals surface area contributed by atoms with Gasteiger partial charge in [-0.3, -0.25) is 9.59 Å². The quantitative estimate of drug-likeness (QED) is 0.653. The van der Waals surface area contributed by atoms with Crippen molar-refractivity contribution in [3.8, 4) is 6.07 Å². The molecule has 1 N–H and O–H groups in total. The van der Waals surface area contributed by atoms with E-state index in [9.17, 15) is 22.8 Å². The van der Waals surface area contributed by atoms with Gasteiger partial charge in [-0.15, -0.1) is 0 Å². The Morgan fingerprint density at radius 3 is 2.36 bits per heavy atom. The van der Waals surface area contributed by atoms with Gasteiger partial charge in [0.2, 0.25) is 5.91 Å². The SMILES string of the molecule is COCCC(=O)N1CCN(c2ccc(C#N)cn2)CC1.O=c1[nH]ncc(N2CCCC2)c1C(F)(F)F. The topological polar surface area (TPSA) is 118 Å². The molecule has 0 aliphatic carbocycles. The number of pyridine rings is 1. The smallest absolute Gasteiger partial charge is 0.384 e. The number of amides is 1. The lowest BCUT2D eigenvalue weighted by molar-refractivity contribution is -0.138. The number of anilines is 2. The number of ether oxygens (including phenoxy) is 1. The summed E-state index contributed by atoms with van der Waals surface area (Å²) in [7, 11) is 1.60. The Balaban J connectivity index is 0.000000205. The molecule has 1 amide bonds. The summed E-state index contributed by atoms with van der Waals surface area (Å²) in [5.41, 5.74) is -1.89. The number of aromatic nitrogens is 3. The number of nitriles is 1. The van der Waals surface area contributed by atoms with Gasteiger partial charge in [-0.25, -0.2) is 10.1 Å². The molecule has 2 aromatic heterocycles. The molecule has 4 heterocycles. The van der Waals surface area contributed by atoms with Crippen molar-refractivity contribution in [3.63, 3.8) is 0 Å². The van der Waals surface area contributed by atoms with Gasteiger partial charge in [-0.2, -0.15) is 23.5 Å². The van der Waals surface area contributed by atoms with Crippen molar-refractivity contribution in [3.05, 3.63) is 46.0 Å². The monoisotopic (exact) mass is 507 g/mol. The fourth-order valence-electron chi connectivity index (χ4n) is 4.03. The molecular formula is C23H28F3N7O3. The fraction of sp³-hybridized carbons (Fsp3) is 0.522. The summed E-state index contributed by atoms with van der Waals surface area (Å²) < 4.78 is 43.0. The second kappa shape index (κ2) is 12.3. The van der Waals surface area contributed by atoms with E-state index in [0.717, 1.165) is 37.9 Å². The number of alkyl halides is 3. The van der Waals surface area contributed by atoms with Gasteiger partial charge in [0, 0.05) is 52.6 Å². The number of carbonyl (C=O) groups excluding carboxylic acids is 1. The summed E-state index contributed by atoms with van der Waals surface area (Å²) in [6.07, 6.45) is 0.106. The maximum atomic E-state index is 12.7. The highest BCUT2D eigenvalue weighted by Gasteiger charge is 2.39. The second-order valence-corrected chi connectivity index (χ2v) is 8.28. The number of aromatic amines is 1. The van der Waals surface area contributed by atoms with Gasteiger partial charge >= 0.3 is 6.18 Å². The number of carbonyl (C=O) groups is 1. The molecular weight excluding hydrogens is 479 g/mol. The summed E-state index contributed by atoms with van der Waals surface area (Å²) in [6, 6.07) is 5.66. The Labute approximate surface area is 206 Å². The highest BCUT2D eigenvalue weighted by atomic mass is 19.4. The molecule has 2 saturated heterocycles. The average molecular weight is 508 g/mol. The minimum atomic E-state index is -4.64. The van der Waals surface area contributed by atoms with E-state index < -0.39 is 17.3 Å². The second-order valence-electron chi connectivity index (χ2n) is 8.28. The molecule has 2 aliphatic heterocycles. The van der Waals surface area contributed by atoms with Gasteiger partial charge in [0.05, 0.1) is 30.5 Å². The molecule has 4 rings (SSSR count). The third-order valence-electron chi connectivity index (χ3n) is 5.92. The molecule has 2 fully saturated rings. The Hall–Kier alpha value is -3.66. The van der Waals surface area contributed by atoms with Crippen LogP contribution in [-0.4, -0.2) is 79.0 Å². The number of methoxy groups -OCH3 is 1. The van der Waals surface area contributed by atoms with E-state index >= 15 is 0 Å². The van der Waals surface area contributed by atoms with Gasteiger partial charge < -0.3 is 19.4 Å². The molecule has 0 radical (unpaired) electrons. The van der Waals surface area contributed by atoms with E-state index in [1.54, 1.807) is 24.3 Å². The van der Waals surface area contributed by atoms with Crippen LogP contribution in [0.4, 0.5) is 24.7 Å². The van der Waals surface area contributed by atoms with Crippen molar-refractivity contribution in [2.24, 2.45) is 0 Å². The van der Waals surface area contributed by atoms with E-state index in [4.69, 9.17) is 10.00 Å². The van der Waals surface area contributed by atoms with Crippen LogP contribution in [0.25, 0.3) is 0 Å². The van der Waals surface area contributed by atoms with Gasteiger partial charge in [0.15, 0.2) is 0 Å². The number of hydrogen-bond acceptors (Lipinski definition) is 8. The number of nitrogens with zero attached hydrogens (tertiary/aromatic N) is 6. The molecule has 2 aromatic rings. The van der Waals surface area contributed by atoms with Crippen molar-refractivity contribution in [1.82, 2.24) is 20.1 Å². The first-order valence-electron chi connectivity index (χ1n) is 11.5. The maximum absolute atomic E-state index is 12.7. The van der Waals surface area contributed by atoms with Crippen LogP contribution in [0.2, 0.25) is 0 Å². The number of halogens is 3. The van der Waals surface area contributed by atoms with E-state index in [2.05, 4.69) is 21.1 Å². The van der Waals surface area contributed by atoms with Crippen LogP contribution in [0.5, 0.6) is 0 Å². The number of rotatable bonds is 5. The van der Waals surface area contributed by atoms with Crippen LogP contribution in [0, 0.1) is 11.3 Å². The van der Waals surface area contributed by atoms with Crippen LogP contribution in [0.1, 0.15) is 30.4 Å². The molecule has 0 unspecified atom stereocenters. The molecule has 0 atom stereocenters. The molecule has 0 bridgehead atoms. The third-order valence-corrected chi connectivity index (χ3v) is 5.92. The maximum Gasteiger partial charge on any atom is 0.423 e. The number of piperazine rings is 1. The number of hydrogen-bond donors (Lipinski definition) is 1. The Morgan fingerprint density at radius 1 is 1.11 bits per heavy atom. The first kappa shape index (κ1) is 26.9. The molecule has 0 spiro atoms. The standard InChI is InChI=1S/C14H18N4O2.C9H10F3N3O/c1-20-9-4-14(19)18-7-5-17(6-8-18)13-3-2-12(10-15)11-16-13;10-9(11,12)7-6(5-13-14-8(7)16)15-3-1-2-4-15/h2-3,11H,4-9H2,1H3;5H,1-4H2,(H,14,16). The van der Waals surface area contributed by atoms with Crippen molar-refractivity contribution >= 4 is 17.4 Å². The van der Waals surface area contributed by atoms with Crippen LogP contribution in [0.3, 0.4) is 0 Å². The van der Waals surface area contributed by atoms with Crippen LogP contribution < -0.4 is 15.4 Å². The highest BCUT2D eigenvalue weighted by molar-refractivity contribution is 5.76. The van der Waals surface area contributed by atoms with E-state index in [0.29, 0.717) is 44.8 Å². The largest absolute Gasteiger partial charge is 0.423 e. The molecule has 2 aliphatic rings. The summed E-state index contributed by atoms with van der Waals surface area (Å²) in [4.78, 5) is 32.8. The van der Waals surface area contributed by atoms with Crippen LogP contribution >= 0.6 is 0 Å². The van der Waals surface area contributed by atoms with Crippen molar-refractivity contribution in [2.45, 2.75) is 25.4 Å². The third kappa shape index (κ3) is 6.94. The first-order chi connectivity index (χ1) is 17.2. The molecule has 194 valence electrons. The lowest BCUT2D eigenvalue weighted by Gasteiger charge is -2.35. The first-order valence-corrected chi connectivity index (χ1v) is 11.5. The van der Waals surface area contributed by atoms with Crippen molar-refractivity contribution in [2.75, 3.05) is 62.8 Å². The summed E-state index contributed by atoms with van der Waals surface area (Å²) in [5.74, 6) is 0.993. The van der Waals surface area contributed by atoms with Crippen molar-refractivity contribution < 1.29 is 22.7 Å². The Morgan fingerprint density at radius 2 is 1.81 bits per heavy atom.